The Morgan fingerprint density at radius 2 is 2.22 bits per heavy atom. The van der Waals surface area contributed by atoms with Crippen LogP contribution in [-0.2, 0) is 22.7 Å². The van der Waals surface area contributed by atoms with Crippen molar-refractivity contribution in [2.75, 3.05) is 6.54 Å². The molecule has 144 valence electrons. The number of aryl methyl sites for hydroxylation is 1. The quantitative estimate of drug-likeness (QED) is 0.767. The molecule has 1 saturated heterocycles. The molecule has 1 unspecified atom stereocenters. The van der Waals surface area contributed by atoms with Gasteiger partial charge in [0.1, 0.15) is 11.5 Å². The first-order chi connectivity index (χ1) is 12.8. The van der Waals surface area contributed by atoms with Crippen LogP contribution in [0.4, 0.5) is 8.78 Å². The normalized spacial score (nSPS) is 20.0. The highest BCUT2D eigenvalue weighted by Gasteiger charge is 2.48. The first-order valence-electron chi connectivity index (χ1n) is 8.46. The Kier molecular flexibility index (Phi) is 5.22. The van der Waals surface area contributed by atoms with Crippen LogP contribution in [0.15, 0.2) is 28.8 Å². The van der Waals surface area contributed by atoms with E-state index in [0.717, 1.165) is 11.0 Å². The summed E-state index contributed by atoms with van der Waals surface area (Å²) >= 11 is 0. The molecule has 0 saturated carbocycles. The molecule has 3 rings (SSSR count). The maximum absolute atomic E-state index is 13.9. The average molecular weight is 379 g/mol. The number of aliphatic hydroxyl groups is 1. The summed E-state index contributed by atoms with van der Waals surface area (Å²) in [7, 11) is 0. The lowest BCUT2D eigenvalue weighted by atomic mass is 9.90. The van der Waals surface area contributed by atoms with Crippen LogP contribution in [0.25, 0.3) is 0 Å². The minimum absolute atomic E-state index is 0.00963. The highest BCUT2D eigenvalue weighted by Crippen LogP contribution is 2.25. The molecule has 0 aliphatic carbocycles. The number of likely N-dealkylation sites (tertiary alicyclic amines) is 1. The number of rotatable bonds is 5. The molecule has 27 heavy (non-hydrogen) atoms. The molecule has 1 aromatic carbocycles. The molecular weight excluding hydrogens is 360 g/mol. The predicted octanol–water partition coefficient (Wildman–Crippen LogP) is 1.43. The largest absolute Gasteiger partial charge is 0.372 e. The van der Waals surface area contributed by atoms with Gasteiger partial charge < -0.3 is 19.8 Å². The number of amides is 2. The lowest BCUT2D eigenvalue weighted by Gasteiger charge is -2.37. The first-order valence-corrected chi connectivity index (χ1v) is 8.46. The summed E-state index contributed by atoms with van der Waals surface area (Å²) in [6.07, 6.45) is 0.285. The van der Waals surface area contributed by atoms with Crippen LogP contribution < -0.4 is 5.32 Å². The number of piperidine rings is 1. The number of carbonyl (C=O) groups is 2. The summed E-state index contributed by atoms with van der Waals surface area (Å²) in [5, 5.41) is 16.8. The predicted molar refractivity (Wildman–Crippen MR) is 89.0 cm³/mol. The van der Waals surface area contributed by atoms with Gasteiger partial charge in [0.15, 0.2) is 11.6 Å². The second kappa shape index (κ2) is 7.43. The fraction of sp³-hybridized carbons (Fsp3) is 0.389. The van der Waals surface area contributed by atoms with Crippen molar-refractivity contribution in [3.63, 3.8) is 0 Å². The Morgan fingerprint density at radius 3 is 2.93 bits per heavy atom. The van der Waals surface area contributed by atoms with Gasteiger partial charge in [-0.25, -0.2) is 8.78 Å². The van der Waals surface area contributed by atoms with Crippen LogP contribution >= 0.6 is 0 Å². The molecule has 2 N–H and O–H groups in total. The van der Waals surface area contributed by atoms with Crippen LogP contribution in [0.2, 0.25) is 0 Å². The minimum Gasteiger partial charge on any atom is -0.372 e. The molecule has 0 spiro atoms. The summed E-state index contributed by atoms with van der Waals surface area (Å²) in [6, 6.07) is 5.28. The third-order valence-corrected chi connectivity index (χ3v) is 4.48. The van der Waals surface area contributed by atoms with Crippen LogP contribution in [0, 0.1) is 18.6 Å². The van der Waals surface area contributed by atoms with E-state index in [0.29, 0.717) is 17.9 Å². The summed E-state index contributed by atoms with van der Waals surface area (Å²) in [5.41, 5.74) is -1.83. The SMILES string of the molecule is Cc1cc(CNC(=O)C2(O)CCCN(Cc3cccc(F)c3F)C2=O)no1. The number of benzene rings is 1. The summed E-state index contributed by atoms with van der Waals surface area (Å²) in [4.78, 5) is 26.3. The highest BCUT2D eigenvalue weighted by molar-refractivity contribution is 6.08. The number of carbonyl (C=O) groups excluding carboxylic acids is 2. The minimum atomic E-state index is -2.26. The molecule has 2 heterocycles. The Hall–Kier alpha value is -2.81. The van der Waals surface area contributed by atoms with Crippen LogP contribution in [0.5, 0.6) is 0 Å². The van der Waals surface area contributed by atoms with Gasteiger partial charge in [-0.05, 0) is 25.8 Å². The van der Waals surface area contributed by atoms with Gasteiger partial charge in [-0.3, -0.25) is 9.59 Å². The Labute approximate surface area is 153 Å². The molecular formula is C18H19F2N3O4. The molecule has 0 radical (unpaired) electrons. The number of hydrogen-bond donors (Lipinski definition) is 2. The van der Waals surface area contributed by atoms with Gasteiger partial charge in [0.05, 0.1) is 6.54 Å². The van der Waals surface area contributed by atoms with Gasteiger partial charge in [0.25, 0.3) is 11.8 Å². The first kappa shape index (κ1) is 19.0. The second-order valence-electron chi connectivity index (χ2n) is 6.52. The van der Waals surface area contributed by atoms with Crippen molar-refractivity contribution in [2.45, 2.75) is 38.5 Å². The molecule has 1 aliphatic heterocycles. The van der Waals surface area contributed by atoms with E-state index < -0.39 is 29.0 Å². The lowest BCUT2D eigenvalue weighted by Crippen LogP contribution is -2.60. The van der Waals surface area contributed by atoms with E-state index in [1.54, 1.807) is 13.0 Å². The van der Waals surface area contributed by atoms with E-state index in [2.05, 4.69) is 10.5 Å². The van der Waals surface area contributed by atoms with E-state index in [1.807, 2.05) is 0 Å². The smallest absolute Gasteiger partial charge is 0.264 e. The van der Waals surface area contributed by atoms with Gasteiger partial charge in [-0.15, -0.1) is 0 Å². The summed E-state index contributed by atoms with van der Waals surface area (Å²) in [5.74, 6) is -3.21. The van der Waals surface area contributed by atoms with E-state index in [1.165, 1.54) is 12.1 Å². The molecule has 9 heteroatoms. The molecule has 1 atom stereocenters. The second-order valence-corrected chi connectivity index (χ2v) is 6.52. The zero-order valence-electron chi connectivity index (χ0n) is 14.7. The topological polar surface area (TPSA) is 95.7 Å². The Balaban J connectivity index is 1.70. The van der Waals surface area contributed by atoms with Gasteiger partial charge in [-0.1, -0.05) is 17.3 Å². The van der Waals surface area contributed by atoms with Gasteiger partial charge in [-0.2, -0.15) is 0 Å². The van der Waals surface area contributed by atoms with Crippen molar-refractivity contribution in [2.24, 2.45) is 0 Å². The monoisotopic (exact) mass is 379 g/mol. The van der Waals surface area contributed by atoms with Crippen LogP contribution in [0.1, 0.15) is 29.9 Å². The fourth-order valence-corrected chi connectivity index (χ4v) is 3.05. The maximum Gasteiger partial charge on any atom is 0.264 e. The standard InChI is InChI=1S/C18H19F2N3O4/c1-11-8-13(22-27-11)9-21-16(24)18(26)6-3-7-23(17(18)25)10-12-4-2-5-14(19)15(12)20/h2,4-5,8,26H,3,6-7,9-10H2,1H3,(H,21,24). The van der Waals surface area contributed by atoms with E-state index in [-0.39, 0.29) is 31.6 Å². The van der Waals surface area contributed by atoms with Crippen molar-refractivity contribution in [3.05, 3.63) is 52.9 Å². The van der Waals surface area contributed by atoms with Crippen LogP contribution in [0.3, 0.4) is 0 Å². The van der Waals surface area contributed by atoms with Crippen molar-refractivity contribution in [1.29, 1.82) is 0 Å². The van der Waals surface area contributed by atoms with Gasteiger partial charge in [0.2, 0.25) is 5.60 Å². The Bertz CT molecular complexity index is 870. The maximum atomic E-state index is 13.9. The molecule has 1 aliphatic rings. The van der Waals surface area contributed by atoms with Crippen molar-refractivity contribution >= 4 is 11.8 Å². The number of halogens is 2. The van der Waals surface area contributed by atoms with E-state index >= 15 is 0 Å². The summed E-state index contributed by atoms with van der Waals surface area (Å²) < 4.78 is 32.1. The molecule has 2 aromatic rings. The van der Waals surface area contributed by atoms with Crippen LogP contribution in [-0.4, -0.2) is 39.1 Å². The Morgan fingerprint density at radius 1 is 1.44 bits per heavy atom. The highest BCUT2D eigenvalue weighted by atomic mass is 19.2. The molecule has 0 bridgehead atoms. The molecule has 1 fully saturated rings. The average Bonchev–Trinajstić information content (AvgIpc) is 3.06. The molecule has 2 amide bonds. The van der Waals surface area contributed by atoms with Crippen molar-refractivity contribution in [3.8, 4) is 0 Å². The van der Waals surface area contributed by atoms with E-state index in [9.17, 15) is 23.5 Å². The van der Waals surface area contributed by atoms with Gasteiger partial charge in [0, 0.05) is 24.7 Å². The number of nitrogens with one attached hydrogen (secondary N) is 1. The van der Waals surface area contributed by atoms with Crippen molar-refractivity contribution < 1.29 is 28.0 Å². The number of hydrogen-bond acceptors (Lipinski definition) is 5. The molecule has 7 nitrogen and oxygen atoms in total. The van der Waals surface area contributed by atoms with Gasteiger partial charge >= 0.3 is 0 Å². The summed E-state index contributed by atoms with van der Waals surface area (Å²) in [6.45, 7) is 1.68. The zero-order valence-corrected chi connectivity index (χ0v) is 14.7. The number of nitrogens with zero attached hydrogens (tertiary/aromatic N) is 2. The zero-order chi connectivity index (χ0) is 19.6. The fourth-order valence-electron chi connectivity index (χ4n) is 3.05. The van der Waals surface area contributed by atoms with Crippen molar-refractivity contribution in [1.82, 2.24) is 15.4 Å². The molecule has 1 aromatic heterocycles. The third kappa shape index (κ3) is 3.82. The third-order valence-electron chi connectivity index (χ3n) is 4.48. The number of aromatic nitrogens is 1. The van der Waals surface area contributed by atoms with E-state index in [4.69, 9.17) is 4.52 Å². The lowest BCUT2D eigenvalue weighted by molar-refractivity contribution is -0.166.